The molecule has 0 spiro atoms. The molecule has 1 aromatic rings. The van der Waals surface area contributed by atoms with Crippen LogP contribution in [0.1, 0.15) is 57.6 Å². The van der Waals surface area contributed by atoms with Gasteiger partial charge in [-0.25, -0.2) is 9.67 Å². The Morgan fingerprint density at radius 2 is 2.00 bits per heavy atom. The molecule has 3 nitrogen and oxygen atoms in total. The summed E-state index contributed by atoms with van der Waals surface area (Å²) in [6.07, 6.45) is 3.52. The van der Waals surface area contributed by atoms with E-state index in [4.69, 9.17) is 0 Å². The van der Waals surface area contributed by atoms with Crippen molar-refractivity contribution in [1.82, 2.24) is 14.8 Å². The summed E-state index contributed by atoms with van der Waals surface area (Å²) in [5, 5.41) is 4.41. The van der Waals surface area contributed by atoms with Crippen molar-refractivity contribution in [2.24, 2.45) is 0 Å². The molecule has 0 fully saturated rings. The topological polar surface area (TPSA) is 30.7 Å². The molecule has 0 bridgehead atoms. The van der Waals surface area contributed by atoms with Crippen LogP contribution in [-0.4, -0.2) is 14.8 Å². The van der Waals surface area contributed by atoms with Crippen molar-refractivity contribution in [2.45, 2.75) is 59.4 Å². The number of hydrogen-bond donors (Lipinski definition) is 0. The molecule has 0 aliphatic carbocycles. The predicted molar refractivity (Wildman–Crippen MR) is 58.4 cm³/mol. The zero-order valence-corrected chi connectivity index (χ0v) is 9.75. The van der Waals surface area contributed by atoms with Crippen LogP contribution < -0.4 is 0 Å². The number of rotatable bonds is 5. The second kappa shape index (κ2) is 5.13. The second-order valence-electron chi connectivity index (χ2n) is 3.93. The highest BCUT2D eigenvalue weighted by Crippen LogP contribution is 2.18. The lowest BCUT2D eigenvalue weighted by molar-refractivity contribution is 0.520. The summed E-state index contributed by atoms with van der Waals surface area (Å²) in [6, 6.07) is 0. The number of nitrogens with zero attached hydrogens (tertiary/aromatic N) is 3. The normalized spacial score (nSPS) is 13.1. The molecule has 80 valence electrons. The standard InChI is InChI=1S/C11H21N3/c1-5-7-9(3)11-12-10(4)13-14(11)8-6-2/h9H,5-8H2,1-4H3. The summed E-state index contributed by atoms with van der Waals surface area (Å²) < 4.78 is 2.07. The van der Waals surface area contributed by atoms with Gasteiger partial charge in [-0.1, -0.05) is 27.2 Å². The molecule has 3 heteroatoms. The van der Waals surface area contributed by atoms with Gasteiger partial charge in [0.05, 0.1) is 0 Å². The third-order valence-corrected chi connectivity index (χ3v) is 2.40. The van der Waals surface area contributed by atoms with E-state index in [2.05, 4.69) is 35.5 Å². The molecular formula is C11H21N3. The summed E-state index contributed by atoms with van der Waals surface area (Å²) >= 11 is 0. The van der Waals surface area contributed by atoms with Gasteiger partial charge in [-0.05, 0) is 19.8 Å². The maximum atomic E-state index is 4.50. The van der Waals surface area contributed by atoms with Crippen LogP contribution in [0.3, 0.4) is 0 Å². The minimum atomic E-state index is 0.535. The van der Waals surface area contributed by atoms with Gasteiger partial charge in [0.1, 0.15) is 11.6 Å². The van der Waals surface area contributed by atoms with Gasteiger partial charge in [-0.15, -0.1) is 0 Å². The van der Waals surface area contributed by atoms with Gasteiger partial charge in [0, 0.05) is 12.5 Å². The van der Waals surface area contributed by atoms with Crippen molar-refractivity contribution in [3.05, 3.63) is 11.6 Å². The van der Waals surface area contributed by atoms with Crippen LogP contribution in [0, 0.1) is 6.92 Å². The highest BCUT2D eigenvalue weighted by molar-refractivity contribution is 4.97. The molecule has 0 aliphatic rings. The first-order valence-corrected chi connectivity index (χ1v) is 5.60. The van der Waals surface area contributed by atoms with Crippen molar-refractivity contribution in [3.63, 3.8) is 0 Å². The fraction of sp³-hybridized carbons (Fsp3) is 0.818. The van der Waals surface area contributed by atoms with E-state index in [1.807, 2.05) is 6.92 Å². The van der Waals surface area contributed by atoms with Gasteiger partial charge in [-0.3, -0.25) is 0 Å². The lowest BCUT2D eigenvalue weighted by Gasteiger charge is -2.10. The van der Waals surface area contributed by atoms with Crippen molar-refractivity contribution in [1.29, 1.82) is 0 Å². The van der Waals surface area contributed by atoms with E-state index in [0.717, 1.165) is 24.6 Å². The molecule has 0 radical (unpaired) electrons. The molecule has 1 unspecified atom stereocenters. The van der Waals surface area contributed by atoms with Crippen molar-refractivity contribution in [2.75, 3.05) is 0 Å². The van der Waals surface area contributed by atoms with E-state index in [1.54, 1.807) is 0 Å². The summed E-state index contributed by atoms with van der Waals surface area (Å²) in [5.74, 6) is 2.59. The Labute approximate surface area is 86.5 Å². The molecular weight excluding hydrogens is 174 g/mol. The molecule has 1 heterocycles. The number of aryl methyl sites for hydroxylation is 2. The number of aromatic nitrogens is 3. The van der Waals surface area contributed by atoms with E-state index in [9.17, 15) is 0 Å². The van der Waals surface area contributed by atoms with Crippen LogP contribution in [0.4, 0.5) is 0 Å². The van der Waals surface area contributed by atoms with Crippen LogP contribution in [-0.2, 0) is 6.54 Å². The zero-order chi connectivity index (χ0) is 10.6. The first kappa shape index (κ1) is 11.2. The molecule has 1 aromatic heterocycles. The molecule has 0 aromatic carbocycles. The Hall–Kier alpha value is -0.860. The van der Waals surface area contributed by atoms with Crippen LogP contribution in [0.2, 0.25) is 0 Å². The Balaban J connectivity index is 2.82. The average Bonchev–Trinajstić information content (AvgIpc) is 2.48. The molecule has 0 saturated heterocycles. The maximum absolute atomic E-state index is 4.50. The van der Waals surface area contributed by atoms with Gasteiger partial charge in [0.15, 0.2) is 0 Å². The molecule has 1 atom stereocenters. The zero-order valence-electron chi connectivity index (χ0n) is 9.75. The van der Waals surface area contributed by atoms with E-state index in [0.29, 0.717) is 5.92 Å². The van der Waals surface area contributed by atoms with Crippen molar-refractivity contribution in [3.8, 4) is 0 Å². The van der Waals surface area contributed by atoms with Gasteiger partial charge >= 0.3 is 0 Å². The fourth-order valence-corrected chi connectivity index (χ4v) is 1.77. The first-order chi connectivity index (χ1) is 6.69. The molecule has 14 heavy (non-hydrogen) atoms. The summed E-state index contributed by atoms with van der Waals surface area (Å²) in [5.41, 5.74) is 0. The molecule has 1 rings (SSSR count). The summed E-state index contributed by atoms with van der Waals surface area (Å²) in [7, 11) is 0. The monoisotopic (exact) mass is 195 g/mol. The summed E-state index contributed by atoms with van der Waals surface area (Å²) in [4.78, 5) is 4.50. The smallest absolute Gasteiger partial charge is 0.147 e. The van der Waals surface area contributed by atoms with Gasteiger partial charge in [0.25, 0.3) is 0 Å². The maximum Gasteiger partial charge on any atom is 0.147 e. The van der Waals surface area contributed by atoms with E-state index in [-0.39, 0.29) is 0 Å². The van der Waals surface area contributed by atoms with Gasteiger partial charge < -0.3 is 0 Å². The average molecular weight is 195 g/mol. The lowest BCUT2D eigenvalue weighted by atomic mass is 10.1. The highest BCUT2D eigenvalue weighted by atomic mass is 15.3. The van der Waals surface area contributed by atoms with Crippen LogP contribution in [0.15, 0.2) is 0 Å². The Morgan fingerprint density at radius 1 is 1.29 bits per heavy atom. The predicted octanol–water partition coefficient (Wildman–Crippen LogP) is 2.90. The van der Waals surface area contributed by atoms with Crippen molar-refractivity contribution < 1.29 is 0 Å². The van der Waals surface area contributed by atoms with Crippen LogP contribution in [0.5, 0.6) is 0 Å². The largest absolute Gasteiger partial charge is 0.250 e. The van der Waals surface area contributed by atoms with E-state index in [1.165, 1.54) is 12.8 Å². The third kappa shape index (κ3) is 2.56. The van der Waals surface area contributed by atoms with Gasteiger partial charge in [0.2, 0.25) is 0 Å². The summed E-state index contributed by atoms with van der Waals surface area (Å²) in [6.45, 7) is 9.58. The van der Waals surface area contributed by atoms with Crippen LogP contribution >= 0.6 is 0 Å². The molecule has 0 aliphatic heterocycles. The lowest BCUT2D eigenvalue weighted by Crippen LogP contribution is -2.08. The molecule has 0 saturated carbocycles. The fourth-order valence-electron chi connectivity index (χ4n) is 1.77. The molecule has 0 amide bonds. The van der Waals surface area contributed by atoms with E-state index >= 15 is 0 Å². The quantitative estimate of drug-likeness (QED) is 0.723. The van der Waals surface area contributed by atoms with Gasteiger partial charge in [-0.2, -0.15) is 5.10 Å². The Morgan fingerprint density at radius 3 is 2.57 bits per heavy atom. The third-order valence-electron chi connectivity index (χ3n) is 2.40. The van der Waals surface area contributed by atoms with E-state index < -0.39 is 0 Å². The molecule has 0 N–H and O–H groups in total. The Kier molecular flexibility index (Phi) is 4.11. The number of hydrogen-bond acceptors (Lipinski definition) is 2. The Bertz CT molecular complexity index is 278. The minimum Gasteiger partial charge on any atom is -0.250 e. The van der Waals surface area contributed by atoms with Crippen LogP contribution in [0.25, 0.3) is 0 Å². The van der Waals surface area contributed by atoms with Crippen molar-refractivity contribution >= 4 is 0 Å². The first-order valence-electron chi connectivity index (χ1n) is 5.60. The second-order valence-corrected chi connectivity index (χ2v) is 3.93. The minimum absolute atomic E-state index is 0.535. The highest BCUT2D eigenvalue weighted by Gasteiger charge is 2.13. The SMILES string of the molecule is CCCC(C)c1nc(C)nn1CCC.